The number of alkyl halides is 3. The average Bonchev–Trinajstić information content (AvgIpc) is 2.24. The van der Waals surface area contributed by atoms with Crippen molar-refractivity contribution in [2.45, 2.75) is 12.2 Å². The number of sulfonamides is 1. The summed E-state index contributed by atoms with van der Waals surface area (Å²) in [4.78, 5) is 0. The molecule has 1 aromatic rings. The molecule has 0 spiro atoms. The van der Waals surface area contributed by atoms with Crippen molar-refractivity contribution in [3.8, 4) is 0 Å². The molecule has 1 rings (SSSR count). The van der Waals surface area contributed by atoms with Crippen LogP contribution in [0.5, 0.6) is 0 Å². The van der Waals surface area contributed by atoms with Crippen molar-refractivity contribution in [2.24, 2.45) is 5.73 Å². The third-order valence-electron chi connectivity index (χ3n) is 2.23. The van der Waals surface area contributed by atoms with Gasteiger partial charge in [-0.15, -0.1) is 0 Å². The lowest BCUT2D eigenvalue weighted by Gasteiger charge is -2.18. The molecule has 3 N–H and O–H groups in total. The monoisotopic (exact) mass is 282 g/mol. The Morgan fingerprint density at radius 2 is 1.89 bits per heavy atom. The Kier molecular flexibility index (Phi) is 4.36. The fourth-order valence-corrected chi connectivity index (χ4v) is 1.91. The number of rotatable bonds is 4. The third kappa shape index (κ3) is 4.28. The number of hydrogen-bond donors (Lipinski definition) is 2. The van der Waals surface area contributed by atoms with Crippen LogP contribution >= 0.6 is 0 Å². The zero-order valence-electron chi connectivity index (χ0n) is 9.53. The van der Waals surface area contributed by atoms with Gasteiger partial charge < -0.3 is 5.73 Å². The van der Waals surface area contributed by atoms with Crippen molar-refractivity contribution in [1.82, 2.24) is 4.72 Å². The number of nitrogens with one attached hydrogen (secondary N) is 1. The quantitative estimate of drug-likeness (QED) is 0.873. The Balaban J connectivity index is 2.96. The first kappa shape index (κ1) is 14.9. The standard InChI is InChI=1S/C10H13F3N2O2S/c1-18(16,17)15-6-9(14)7-4-2-3-5-8(7)10(11,12)13/h2-5,9,15H,6,14H2,1H3. The minimum atomic E-state index is -4.51. The summed E-state index contributed by atoms with van der Waals surface area (Å²) in [5.74, 6) is 0. The molecule has 102 valence electrons. The van der Waals surface area contributed by atoms with E-state index in [1.54, 1.807) is 0 Å². The molecule has 0 aliphatic heterocycles. The van der Waals surface area contributed by atoms with E-state index in [2.05, 4.69) is 4.72 Å². The van der Waals surface area contributed by atoms with E-state index in [1.807, 2.05) is 0 Å². The predicted molar refractivity (Wildman–Crippen MR) is 61.2 cm³/mol. The molecule has 0 saturated carbocycles. The van der Waals surface area contributed by atoms with E-state index in [9.17, 15) is 21.6 Å². The average molecular weight is 282 g/mol. The van der Waals surface area contributed by atoms with Crippen LogP contribution in [0.3, 0.4) is 0 Å². The van der Waals surface area contributed by atoms with Gasteiger partial charge in [-0.3, -0.25) is 0 Å². The zero-order valence-corrected chi connectivity index (χ0v) is 10.3. The molecule has 1 atom stereocenters. The molecule has 0 aliphatic rings. The summed E-state index contributed by atoms with van der Waals surface area (Å²) in [6, 6.07) is 3.76. The Bertz CT molecular complexity index is 514. The number of hydrogen-bond acceptors (Lipinski definition) is 3. The molecule has 18 heavy (non-hydrogen) atoms. The molecule has 0 amide bonds. The van der Waals surface area contributed by atoms with Crippen LogP contribution in [-0.4, -0.2) is 21.2 Å². The fourth-order valence-electron chi connectivity index (χ4n) is 1.43. The molecule has 0 fully saturated rings. The predicted octanol–water partition coefficient (Wildman–Crippen LogP) is 1.25. The van der Waals surface area contributed by atoms with Crippen molar-refractivity contribution >= 4 is 10.0 Å². The van der Waals surface area contributed by atoms with Gasteiger partial charge in [0, 0.05) is 12.6 Å². The number of halogens is 3. The maximum Gasteiger partial charge on any atom is 0.416 e. The first-order chi connectivity index (χ1) is 8.11. The second-order valence-electron chi connectivity index (χ2n) is 3.81. The lowest BCUT2D eigenvalue weighted by molar-refractivity contribution is -0.138. The highest BCUT2D eigenvalue weighted by Gasteiger charge is 2.34. The Hall–Kier alpha value is -1.12. The molecular formula is C10H13F3N2O2S. The lowest BCUT2D eigenvalue weighted by Crippen LogP contribution is -2.32. The first-order valence-electron chi connectivity index (χ1n) is 4.97. The topological polar surface area (TPSA) is 72.2 Å². The van der Waals surface area contributed by atoms with Crippen molar-refractivity contribution in [3.05, 3.63) is 35.4 Å². The smallest absolute Gasteiger partial charge is 0.323 e. The number of nitrogens with two attached hydrogens (primary N) is 1. The van der Waals surface area contributed by atoms with Gasteiger partial charge in [-0.25, -0.2) is 13.1 Å². The first-order valence-corrected chi connectivity index (χ1v) is 6.87. The van der Waals surface area contributed by atoms with E-state index in [-0.39, 0.29) is 12.1 Å². The molecule has 8 heteroatoms. The van der Waals surface area contributed by atoms with Gasteiger partial charge in [0.05, 0.1) is 11.8 Å². The van der Waals surface area contributed by atoms with Gasteiger partial charge in [0.2, 0.25) is 10.0 Å². The Morgan fingerprint density at radius 1 is 1.33 bits per heavy atom. The van der Waals surface area contributed by atoms with Crippen molar-refractivity contribution in [1.29, 1.82) is 0 Å². The van der Waals surface area contributed by atoms with Gasteiger partial charge in [-0.05, 0) is 11.6 Å². The van der Waals surface area contributed by atoms with Gasteiger partial charge >= 0.3 is 6.18 Å². The fraction of sp³-hybridized carbons (Fsp3) is 0.400. The molecule has 0 heterocycles. The second-order valence-corrected chi connectivity index (χ2v) is 5.65. The Morgan fingerprint density at radius 3 is 2.39 bits per heavy atom. The van der Waals surface area contributed by atoms with Crippen LogP contribution in [0.25, 0.3) is 0 Å². The van der Waals surface area contributed by atoms with Crippen LogP contribution in [0.2, 0.25) is 0 Å². The molecule has 1 aromatic carbocycles. The summed E-state index contributed by atoms with van der Waals surface area (Å²) in [7, 11) is -3.49. The van der Waals surface area contributed by atoms with E-state index in [0.29, 0.717) is 0 Å². The molecule has 0 aromatic heterocycles. The van der Waals surface area contributed by atoms with Crippen LogP contribution < -0.4 is 10.5 Å². The van der Waals surface area contributed by atoms with E-state index in [1.165, 1.54) is 18.2 Å². The molecule has 1 unspecified atom stereocenters. The lowest BCUT2D eigenvalue weighted by atomic mass is 10.0. The molecular weight excluding hydrogens is 269 g/mol. The highest BCUT2D eigenvalue weighted by atomic mass is 32.2. The third-order valence-corrected chi connectivity index (χ3v) is 2.92. The van der Waals surface area contributed by atoms with Gasteiger partial charge in [-0.1, -0.05) is 18.2 Å². The van der Waals surface area contributed by atoms with Gasteiger partial charge in [-0.2, -0.15) is 13.2 Å². The maximum absolute atomic E-state index is 12.7. The van der Waals surface area contributed by atoms with Gasteiger partial charge in [0.15, 0.2) is 0 Å². The van der Waals surface area contributed by atoms with E-state index in [4.69, 9.17) is 5.73 Å². The van der Waals surface area contributed by atoms with Crippen LogP contribution in [0.4, 0.5) is 13.2 Å². The highest BCUT2D eigenvalue weighted by Crippen LogP contribution is 2.33. The summed E-state index contributed by atoms with van der Waals surface area (Å²) in [6.07, 6.45) is -3.60. The van der Waals surface area contributed by atoms with Crippen LogP contribution in [0, 0.1) is 0 Å². The summed E-state index contributed by atoms with van der Waals surface area (Å²) in [5.41, 5.74) is 4.58. The molecule has 0 bridgehead atoms. The summed E-state index contributed by atoms with van der Waals surface area (Å²) >= 11 is 0. The number of benzene rings is 1. The van der Waals surface area contributed by atoms with Gasteiger partial charge in [0.1, 0.15) is 0 Å². The largest absolute Gasteiger partial charge is 0.416 e. The minimum Gasteiger partial charge on any atom is -0.323 e. The van der Waals surface area contributed by atoms with Crippen LogP contribution in [0.15, 0.2) is 24.3 Å². The summed E-state index contributed by atoms with van der Waals surface area (Å²) in [5, 5.41) is 0. The van der Waals surface area contributed by atoms with E-state index in [0.717, 1.165) is 12.3 Å². The van der Waals surface area contributed by atoms with Crippen LogP contribution in [0.1, 0.15) is 17.2 Å². The SMILES string of the molecule is CS(=O)(=O)NCC(N)c1ccccc1C(F)(F)F. The second kappa shape index (κ2) is 5.25. The molecule has 0 radical (unpaired) electrons. The maximum atomic E-state index is 12.7. The van der Waals surface area contributed by atoms with E-state index >= 15 is 0 Å². The zero-order chi connectivity index (χ0) is 14.0. The molecule has 0 aliphatic carbocycles. The highest BCUT2D eigenvalue weighted by molar-refractivity contribution is 7.88. The van der Waals surface area contributed by atoms with E-state index < -0.39 is 27.8 Å². The minimum absolute atomic E-state index is 0.138. The summed E-state index contributed by atoms with van der Waals surface area (Å²) in [6.45, 7) is -0.286. The molecule has 0 saturated heterocycles. The van der Waals surface area contributed by atoms with Crippen molar-refractivity contribution in [2.75, 3.05) is 12.8 Å². The van der Waals surface area contributed by atoms with Crippen molar-refractivity contribution in [3.63, 3.8) is 0 Å². The van der Waals surface area contributed by atoms with Crippen LogP contribution in [-0.2, 0) is 16.2 Å². The van der Waals surface area contributed by atoms with Gasteiger partial charge in [0.25, 0.3) is 0 Å². The molecule has 4 nitrogen and oxygen atoms in total. The summed E-state index contributed by atoms with van der Waals surface area (Å²) < 4.78 is 61.9. The Labute approximate surface area is 103 Å². The normalized spacial score (nSPS) is 14.5. The van der Waals surface area contributed by atoms with Crippen molar-refractivity contribution < 1.29 is 21.6 Å².